The third-order valence-electron chi connectivity index (χ3n) is 5.98. The standard InChI is InChI=1S/C26H24N6O6S2/c1-3-38-30-15(2)23(34)29-21-24(35)32-22(26(36)37)18(13-40-25(21)32)11-31-8-6-16(7-9-31)17-10-19(39-12-17)4-5-20(33)28-14-27/h4-10,12,21,25H,3,11,13H2,1-2H3,(H2-,28,29,33,34,36,37)/b5-4-,30-15+. The van der Waals surface area contributed by atoms with Gasteiger partial charge in [-0.3, -0.25) is 24.6 Å². The number of thioether (sulfide) groups is 1. The van der Waals surface area contributed by atoms with Gasteiger partial charge in [0.05, 0.1) is 11.7 Å². The highest BCUT2D eigenvalue weighted by Crippen LogP contribution is 2.40. The number of aliphatic carboxylic acids is 1. The van der Waals surface area contributed by atoms with Gasteiger partial charge in [-0.15, -0.1) is 23.1 Å². The van der Waals surface area contributed by atoms with E-state index in [-0.39, 0.29) is 18.0 Å². The number of hydrogen-bond acceptors (Lipinski definition) is 10. The number of nitriles is 1. The molecule has 0 aromatic carbocycles. The molecule has 0 bridgehead atoms. The van der Waals surface area contributed by atoms with Crippen LogP contribution in [0.15, 0.2) is 58.5 Å². The Kier molecular flexibility index (Phi) is 8.97. The van der Waals surface area contributed by atoms with Crippen LogP contribution in [0.1, 0.15) is 18.7 Å². The molecule has 2 aromatic heterocycles. The lowest BCUT2D eigenvalue weighted by molar-refractivity contribution is -0.689. The average molecular weight is 581 g/mol. The summed E-state index contributed by atoms with van der Waals surface area (Å²) in [7, 11) is 0. The molecule has 14 heteroatoms. The Bertz CT molecular complexity index is 1470. The van der Waals surface area contributed by atoms with Crippen molar-refractivity contribution in [3.8, 4) is 17.3 Å². The van der Waals surface area contributed by atoms with Crippen molar-refractivity contribution in [3.05, 3.63) is 58.2 Å². The number of carboxylic acids is 1. The number of carboxylic acid groups (broad SMARTS) is 1. The highest BCUT2D eigenvalue weighted by Gasteiger charge is 2.53. The first-order chi connectivity index (χ1) is 19.2. The van der Waals surface area contributed by atoms with Crippen LogP contribution in [0, 0.1) is 11.5 Å². The SMILES string of the molecule is CCO/N=C(\C)C(=O)NC1C(=O)N2C(C(=O)[O-])=C(C[n+]3ccc(-c4csc(/C=C\C(=O)NC#N)c4)cc3)CSC12. The van der Waals surface area contributed by atoms with Gasteiger partial charge in [-0.2, -0.15) is 5.26 Å². The molecule has 0 radical (unpaired) electrons. The largest absolute Gasteiger partial charge is 0.543 e. The van der Waals surface area contributed by atoms with Gasteiger partial charge in [0.15, 0.2) is 25.1 Å². The van der Waals surface area contributed by atoms with Crippen molar-refractivity contribution >= 4 is 58.6 Å². The predicted molar refractivity (Wildman–Crippen MR) is 145 cm³/mol. The number of nitrogens with one attached hydrogen (secondary N) is 2. The van der Waals surface area contributed by atoms with Gasteiger partial charge < -0.3 is 20.1 Å². The molecule has 1 fully saturated rings. The predicted octanol–water partition coefficient (Wildman–Crippen LogP) is 0.129. The fraction of sp³-hybridized carbons (Fsp3) is 0.269. The molecule has 2 aliphatic heterocycles. The molecule has 0 aliphatic carbocycles. The molecule has 2 aromatic rings. The number of thiophene rings is 1. The number of pyridine rings is 1. The third kappa shape index (κ3) is 6.22. The Labute approximate surface area is 237 Å². The zero-order valence-electron chi connectivity index (χ0n) is 21.4. The van der Waals surface area contributed by atoms with E-state index in [9.17, 15) is 24.3 Å². The summed E-state index contributed by atoms with van der Waals surface area (Å²) in [6.45, 7) is 3.71. The number of β-lactam (4-membered cyclic amide) rings is 1. The van der Waals surface area contributed by atoms with E-state index in [1.807, 2.05) is 28.9 Å². The quantitative estimate of drug-likeness (QED) is 0.0760. The first kappa shape index (κ1) is 28.5. The summed E-state index contributed by atoms with van der Waals surface area (Å²) < 4.78 is 1.80. The Morgan fingerprint density at radius 1 is 1.32 bits per heavy atom. The van der Waals surface area contributed by atoms with Crippen LogP contribution in [0.3, 0.4) is 0 Å². The molecule has 2 N–H and O–H groups in total. The second-order valence-electron chi connectivity index (χ2n) is 8.63. The maximum absolute atomic E-state index is 12.9. The van der Waals surface area contributed by atoms with Crippen LogP contribution in [-0.2, 0) is 30.6 Å². The molecule has 0 spiro atoms. The van der Waals surface area contributed by atoms with Crippen LogP contribution < -0.4 is 20.3 Å². The second kappa shape index (κ2) is 12.6. The fourth-order valence-electron chi connectivity index (χ4n) is 4.06. The number of oxime groups is 1. The van der Waals surface area contributed by atoms with Crippen molar-refractivity contribution in [1.29, 1.82) is 5.26 Å². The Morgan fingerprint density at radius 3 is 2.75 bits per heavy atom. The minimum absolute atomic E-state index is 0.0586. The molecule has 4 rings (SSSR count). The van der Waals surface area contributed by atoms with Crippen LogP contribution in [0.2, 0.25) is 0 Å². The Hall–Kier alpha value is -4.48. The maximum atomic E-state index is 12.9. The maximum Gasteiger partial charge on any atom is 0.269 e. The van der Waals surface area contributed by atoms with E-state index in [0.29, 0.717) is 17.9 Å². The monoisotopic (exact) mass is 580 g/mol. The number of carbonyl (C=O) groups is 4. The lowest BCUT2D eigenvalue weighted by Gasteiger charge is -2.50. The van der Waals surface area contributed by atoms with Crippen molar-refractivity contribution in [3.63, 3.8) is 0 Å². The highest BCUT2D eigenvalue weighted by atomic mass is 32.2. The van der Waals surface area contributed by atoms with Gasteiger partial charge in [-0.1, -0.05) is 5.16 Å². The fourth-order valence-corrected chi connectivity index (χ4v) is 6.21. The molecule has 206 valence electrons. The molecule has 2 aliphatic rings. The molecule has 1 saturated heterocycles. The first-order valence-corrected chi connectivity index (χ1v) is 14.0. The molecule has 4 heterocycles. The van der Waals surface area contributed by atoms with Crippen LogP contribution in [0.5, 0.6) is 0 Å². The number of rotatable bonds is 10. The number of carbonyl (C=O) groups excluding carboxylic acids is 4. The van der Waals surface area contributed by atoms with Crippen molar-refractivity contribution < 1.29 is 33.7 Å². The van der Waals surface area contributed by atoms with Crippen molar-refractivity contribution in [1.82, 2.24) is 15.5 Å². The van der Waals surface area contributed by atoms with Gasteiger partial charge in [-0.25, -0.2) is 4.57 Å². The van der Waals surface area contributed by atoms with Crippen LogP contribution in [0.4, 0.5) is 0 Å². The summed E-state index contributed by atoms with van der Waals surface area (Å²) in [5.41, 5.74) is 2.25. The van der Waals surface area contributed by atoms with E-state index in [1.54, 1.807) is 36.2 Å². The summed E-state index contributed by atoms with van der Waals surface area (Å²) in [4.78, 5) is 55.6. The first-order valence-electron chi connectivity index (χ1n) is 12.0. The highest BCUT2D eigenvalue weighted by molar-refractivity contribution is 8.00. The van der Waals surface area contributed by atoms with Gasteiger partial charge in [0.1, 0.15) is 23.7 Å². The molecule has 12 nitrogen and oxygen atoms in total. The third-order valence-corrected chi connectivity index (χ3v) is 8.22. The normalized spacial score (nSPS) is 18.6. The second-order valence-corrected chi connectivity index (χ2v) is 10.7. The Morgan fingerprint density at radius 2 is 2.08 bits per heavy atom. The summed E-state index contributed by atoms with van der Waals surface area (Å²) >= 11 is 2.80. The van der Waals surface area contributed by atoms with Crippen molar-refractivity contribution in [2.24, 2.45) is 5.16 Å². The van der Waals surface area contributed by atoms with Crippen LogP contribution in [0.25, 0.3) is 17.2 Å². The van der Waals surface area contributed by atoms with E-state index < -0.39 is 35.1 Å². The van der Waals surface area contributed by atoms with E-state index in [0.717, 1.165) is 16.0 Å². The molecule has 40 heavy (non-hydrogen) atoms. The number of nitrogens with zero attached hydrogens (tertiary/aromatic N) is 4. The Balaban J connectivity index is 1.44. The average Bonchev–Trinajstić information content (AvgIpc) is 3.42. The number of amides is 3. The minimum atomic E-state index is -1.45. The summed E-state index contributed by atoms with van der Waals surface area (Å²) in [6, 6.07) is 4.78. The van der Waals surface area contributed by atoms with E-state index in [4.69, 9.17) is 10.1 Å². The topological polar surface area (TPSA) is 168 Å². The van der Waals surface area contributed by atoms with Gasteiger partial charge in [0.25, 0.3) is 17.7 Å². The smallest absolute Gasteiger partial charge is 0.269 e. The molecule has 2 atom stereocenters. The summed E-state index contributed by atoms with van der Waals surface area (Å²) in [5, 5.41) is 30.2. The number of fused-ring (bicyclic) bond motifs is 1. The van der Waals surface area contributed by atoms with Crippen molar-refractivity contribution in [2.75, 3.05) is 12.4 Å². The molecular weight excluding hydrogens is 556 g/mol. The van der Waals surface area contributed by atoms with Crippen LogP contribution in [-0.4, -0.2) is 58.1 Å². The van der Waals surface area contributed by atoms with Crippen molar-refractivity contribution in [2.45, 2.75) is 31.8 Å². The molecular formula is C26H24N6O6S2. The number of hydrogen-bond donors (Lipinski definition) is 2. The lowest BCUT2D eigenvalue weighted by atomic mass is 10.0. The van der Waals surface area contributed by atoms with E-state index >= 15 is 0 Å². The number of aromatic nitrogens is 1. The van der Waals surface area contributed by atoms with Crippen LogP contribution >= 0.6 is 23.1 Å². The van der Waals surface area contributed by atoms with E-state index in [1.165, 1.54) is 41.0 Å². The van der Waals surface area contributed by atoms with Gasteiger partial charge in [0.2, 0.25) is 0 Å². The van der Waals surface area contributed by atoms with Gasteiger partial charge >= 0.3 is 0 Å². The summed E-state index contributed by atoms with van der Waals surface area (Å²) in [5.74, 6) is -2.71. The molecule has 2 unspecified atom stereocenters. The minimum Gasteiger partial charge on any atom is -0.543 e. The molecule has 0 saturated carbocycles. The zero-order chi connectivity index (χ0) is 28.8. The van der Waals surface area contributed by atoms with E-state index in [2.05, 4.69) is 10.5 Å². The van der Waals surface area contributed by atoms with Gasteiger partial charge in [-0.05, 0) is 42.5 Å². The zero-order valence-corrected chi connectivity index (χ0v) is 23.1. The lowest BCUT2D eigenvalue weighted by Crippen LogP contribution is -2.71. The summed E-state index contributed by atoms with van der Waals surface area (Å²) in [6.07, 6.45) is 8.09. The molecule has 3 amide bonds. The van der Waals surface area contributed by atoms with Gasteiger partial charge in [0, 0.05) is 34.4 Å².